The largest absolute Gasteiger partial charge is 0.488 e. The zero-order valence-electron chi connectivity index (χ0n) is 8.03. The standard InChI is InChI=1S/C11H10FNOS/c1-8(7-15)6-14-11-4-2-3-10(12)9(11)5-13/h2-4,15H,1,6-7H2. The van der Waals surface area contributed by atoms with Crippen LogP contribution in [0.15, 0.2) is 30.4 Å². The third kappa shape index (κ3) is 3.00. The molecule has 2 nitrogen and oxygen atoms in total. The maximum Gasteiger partial charge on any atom is 0.144 e. The van der Waals surface area contributed by atoms with Crippen molar-refractivity contribution in [2.45, 2.75) is 0 Å². The molecule has 0 spiro atoms. The van der Waals surface area contributed by atoms with Crippen LogP contribution in [0.3, 0.4) is 0 Å². The van der Waals surface area contributed by atoms with Crippen LogP contribution in [-0.2, 0) is 0 Å². The lowest BCUT2D eigenvalue weighted by atomic mass is 10.2. The second-order valence-electron chi connectivity index (χ2n) is 2.92. The summed E-state index contributed by atoms with van der Waals surface area (Å²) in [7, 11) is 0. The van der Waals surface area contributed by atoms with Crippen LogP contribution < -0.4 is 4.74 Å². The lowest BCUT2D eigenvalue weighted by molar-refractivity contribution is 0.350. The molecule has 0 aliphatic rings. The summed E-state index contributed by atoms with van der Waals surface area (Å²) in [6, 6.07) is 6.02. The highest BCUT2D eigenvalue weighted by molar-refractivity contribution is 7.80. The van der Waals surface area contributed by atoms with E-state index in [0.29, 0.717) is 5.75 Å². The molecule has 0 saturated carbocycles. The Kier molecular flexibility index (Phi) is 4.19. The third-order valence-electron chi connectivity index (χ3n) is 1.74. The van der Waals surface area contributed by atoms with Crippen molar-refractivity contribution in [3.63, 3.8) is 0 Å². The van der Waals surface area contributed by atoms with Gasteiger partial charge in [-0.1, -0.05) is 12.6 Å². The van der Waals surface area contributed by atoms with Gasteiger partial charge in [0.05, 0.1) is 0 Å². The molecule has 0 amide bonds. The van der Waals surface area contributed by atoms with Crippen LogP contribution in [0, 0.1) is 17.1 Å². The summed E-state index contributed by atoms with van der Waals surface area (Å²) in [4.78, 5) is 0. The first-order valence-corrected chi connectivity index (χ1v) is 4.91. The number of hydrogen-bond acceptors (Lipinski definition) is 3. The van der Waals surface area contributed by atoms with Gasteiger partial charge in [0.2, 0.25) is 0 Å². The van der Waals surface area contributed by atoms with Crippen LogP contribution in [0.2, 0.25) is 0 Å². The lowest BCUT2D eigenvalue weighted by Crippen LogP contribution is -2.03. The molecular formula is C11H10FNOS. The highest BCUT2D eigenvalue weighted by Gasteiger charge is 2.08. The average Bonchev–Trinajstić information content (AvgIpc) is 2.25. The van der Waals surface area contributed by atoms with Gasteiger partial charge in [0.1, 0.15) is 29.8 Å². The summed E-state index contributed by atoms with van der Waals surface area (Å²) < 4.78 is 18.4. The SMILES string of the molecule is C=C(CS)COc1cccc(F)c1C#N. The minimum atomic E-state index is -0.577. The molecular weight excluding hydrogens is 213 g/mol. The van der Waals surface area contributed by atoms with E-state index in [4.69, 9.17) is 10.00 Å². The first kappa shape index (κ1) is 11.6. The fourth-order valence-electron chi connectivity index (χ4n) is 0.959. The van der Waals surface area contributed by atoms with Gasteiger partial charge in [-0.05, 0) is 17.7 Å². The van der Waals surface area contributed by atoms with E-state index in [-0.39, 0.29) is 17.9 Å². The fourth-order valence-corrected chi connectivity index (χ4v) is 1.05. The number of benzene rings is 1. The Bertz CT molecular complexity index is 412. The van der Waals surface area contributed by atoms with Crippen molar-refractivity contribution in [1.82, 2.24) is 0 Å². The predicted octanol–water partition coefficient (Wildman–Crippen LogP) is 2.56. The van der Waals surface area contributed by atoms with Gasteiger partial charge < -0.3 is 4.74 Å². The zero-order valence-corrected chi connectivity index (χ0v) is 8.93. The van der Waals surface area contributed by atoms with Crippen molar-refractivity contribution in [3.05, 3.63) is 41.7 Å². The topological polar surface area (TPSA) is 33.0 Å². The second-order valence-corrected chi connectivity index (χ2v) is 3.24. The van der Waals surface area contributed by atoms with E-state index in [2.05, 4.69) is 19.2 Å². The summed E-state index contributed by atoms with van der Waals surface area (Å²) in [5.74, 6) is 0.156. The molecule has 0 unspecified atom stereocenters. The first-order chi connectivity index (χ1) is 7.19. The molecule has 0 bridgehead atoms. The van der Waals surface area contributed by atoms with E-state index in [1.54, 1.807) is 12.1 Å². The van der Waals surface area contributed by atoms with Gasteiger partial charge in [-0.2, -0.15) is 17.9 Å². The van der Waals surface area contributed by atoms with Gasteiger partial charge in [0.25, 0.3) is 0 Å². The van der Waals surface area contributed by atoms with Gasteiger partial charge >= 0.3 is 0 Å². The van der Waals surface area contributed by atoms with Gasteiger partial charge in [-0.25, -0.2) is 4.39 Å². The van der Waals surface area contributed by atoms with E-state index < -0.39 is 5.82 Å². The van der Waals surface area contributed by atoms with Gasteiger partial charge in [-0.15, -0.1) is 0 Å². The summed E-state index contributed by atoms with van der Waals surface area (Å²) >= 11 is 4.01. The summed E-state index contributed by atoms with van der Waals surface area (Å²) in [5.41, 5.74) is 0.691. The molecule has 4 heteroatoms. The molecule has 0 heterocycles. The van der Waals surface area contributed by atoms with Crippen molar-refractivity contribution in [2.24, 2.45) is 0 Å². The van der Waals surface area contributed by atoms with Crippen molar-refractivity contribution in [1.29, 1.82) is 5.26 Å². The number of nitriles is 1. The van der Waals surface area contributed by atoms with Crippen LogP contribution in [0.1, 0.15) is 5.56 Å². The molecule has 0 saturated heterocycles. The molecule has 1 aromatic carbocycles. The van der Waals surface area contributed by atoms with Crippen LogP contribution in [0.4, 0.5) is 4.39 Å². The highest BCUT2D eigenvalue weighted by atomic mass is 32.1. The second kappa shape index (κ2) is 5.42. The summed E-state index contributed by atoms with van der Waals surface area (Å²) in [6.45, 7) is 3.93. The van der Waals surface area contributed by atoms with Crippen LogP contribution in [-0.4, -0.2) is 12.4 Å². The predicted molar refractivity (Wildman–Crippen MR) is 59.6 cm³/mol. The molecule has 0 aliphatic heterocycles. The summed E-state index contributed by atoms with van der Waals surface area (Å²) in [5, 5.41) is 8.71. The maximum absolute atomic E-state index is 13.1. The minimum absolute atomic E-state index is 0.0792. The van der Waals surface area contributed by atoms with Crippen molar-refractivity contribution >= 4 is 12.6 Å². The smallest absolute Gasteiger partial charge is 0.144 e. The highest BCUT2D eigenvalue weighted by Crippen LogP contribution is 2.20. The van der Waals surface area contributed by atoms with E-state index in [0.717, 1.165) is 5.57 Å². The Labute approximate surface area is 93.4 Å². The Morgan fingerprint density at radius 2 is 2.33 bits per heavy atom. The number of thiol groups is 1. The Balaban J connectivity index is 2.82. The average molecular weight is 223 g/mol. The molecule has 0 radical (unpaired) electrons. The Morgan fingerprint density at radius 1 is 1.60 bits per heavy atom. The van der Waals surface area contributed by atoms with E-state index >= 15 is 0 Å². The third-order valence-corrected chi connectivity index (χ3v) is 2.19. The molecule has 0 aliphatic carbocycles. The number of rotatable bonds is 4. The molecule has 0 fully saturated rings. The number of hydrogen-bond donors (Lipinski definition) is 1. The quantitative estimate of drug-likeness (QED) is 0.628. The van der Waals surface area contributed by atoms with E-state index in [1.165, 1.54) is 12.1 Å². The van der Waals surface area contributed by atoms with Gasteiger partial charge in [0, 0.05) is 5.75 Å². The molecule has 0 atom stereocenters. The van der Waals surface area contributed by atoms with E-state index in [9.17, 15) is 4.39 Å². The van der Waals surface area contributed by atoms with Crippen molar-refractivity contribution in [3.8, 4) is 11.8 Å². The molecule has 0 aromatic heterocycles. The van der Waals surface area contributed by atoms with Crippen LogP contribution in [0.25, 0.3) is 0 Å². The number of nitrogens with zero attached hydrogens (tertiary/aromatic N) is 1. The number of ether oxygens (including phenoxy) is 1. The lowest BCUT2D eigenvalue weighted by Gasteiger charge is -2.08. The van der Waals surface area contributed by atoms with E-state index in [1.807, 2.05) is 0 Å². The molecule has 78 valence electrons. The molecule has 15 heavy (non-hydrogen) atoms. The first-order valence-electron chi connectivity index (χ1n) is 4.28. The monoisotopic (exact) mass is 223 g/mol. The maximum atomic E-state index is 13.1. The van der Waals surface area contributed by atoms with Crippen LogP contribution >= 0.6 is 12.6 Å². The fraction of sp³-hybridized carbons (Fsp3) is 0.182. The normalized spacial score (nSPS) is 9.40. The zero-order chi connectivity index (χ0) is 11.3. The molecule has 1 aromatic rings. The van der Waals surface area contributed by atoms with Gasteiger partial charge in [0.15, 0.2) is 0 Å². The van der Waals surface area contributed by atoms with Crippen molar-refractivity contribution in [2.75, 3.05) is 12.4 Å². The minimum Gasteiger partial charge on any atom is -0.488 e. The summed E-state index contributed by atoms with van der Waals surface area (Å²) in [6.07, 6.45) is 0. The number of halogens is 1. The van der Waals surface area contributed by atoms with Crippen molar-refractivity contribution < 1.29 is 9.13 Å². The molecule has 0 N–H and O–H groups in total. The van der Waals surface area contributed by atoms with Gasteiger partial charge in [-0.3, -0.25) is 0 Å². The molecule has 1 rings (SSSR count). The Morgan fingerprint density at radius 3 is 2.93 bits per heavy atom. The Hall–Kier alpha value is -1.47. The van der Waals surface area contributed by atoms with Crippen LogP contribution in [0.5, 0.6) is 5.75 Å².